The fourth-order valence-corrected chi connectivity index (χ4v) is 18.0. The zero-order valence-corrected chi connectivity index (χ0v) is 82.8. The summed E-state index contributed by atoms with van der Waals surface area (Å²) in [5, 5.41) is 66.5. The summed E-state index contributed by atoms with van der Waals surface area (Å²) in [5.41, 5.74) is -0.755. The number of phenols is 6. The van der Waals surface area contributed by atoms with Gasteiger partial charge in [-0.05, 0) is 155 Å². The molecule has 30 nitrogen and oxygen atoms in total. The Morgan fingerprint density at radius 2 is 0.608 bits per heavy atom. The molecule has 42 heteroatoms. The molecule has 2 aliphatic heterocycles. The van der Waals surface area contributed by atoms with E-state index in [1.54, 1.807) is 30.3 Å². The summed E-state index contributed by atoms with van der Waals surface area (Å²) in [6, 6.07) is 8.16. The molecule has 8 heterocycles. The van der Waals surface area contributed by atoms with Crippen LogP contribution in [0.2, 0.25) is 60.3 Å². The van der Waals surface area contributed by atoms with Crippen LogP contribution in [0.3, 0.4) is 0 Å². The van der Waals surface area contributed by atoms with Gasteiger partial charge in [0.05, 0.1) is 138 Å². The summed E-state index contributed by atoms with van der Waals surface area (Å²) in [7, 11) is 6.77. The van der Waals surface area contributed by atoms with Crippen LogP contribution in [0.25, 0.3) is 65.4 Å². The summed E-state index contributed by atoms with van der Waals surface area (Å²) < 4.78 is 9.09. The molecule has 0 saturated carbocycles. The monoisotopic (exact) mass is 2020 g/mol. The molecule has 0 spiro atoms. The fourth-order valence-electron chi connectivity index (χ4n) is 14.8. The van der Waals surface area contributed by atoms with Gasteiger partial charge < -0.3 is 36.0 Å². The minimum atomic E-state index is -0.312. The van der Waals surface area contributed by atoms with Gasteiger partial charge in [-0.3, -0.25) is 80.7 Å². The molecule has 0 bridgehead atoms. The molecule has 700 valence electrons. The van der Waals surface area contributed by atoms with Gasteiger partial charge in [0.15, 0.2) is 34.5 Å². The van der Waals surface area contributed by atoms with E-state index in [1.807, 2.05) is 67.3 Å². The van der Waals surface area contributed by atoms with E-state index < -0.39 is 0 Å². The molecular weight excluding hydrogens is 1930 g/mol. The number of hydrogen-bond acceptors (Lipinski definition) is 24. The highest BCUT2D eigenvalue weighted by Crippen LogP contribution is 2.41. The van der Waals surface area contributed by atoms with Gasteiger partial charge in [0, 0.05) is 40.8 Å². The van der Waals surface area contributed by atoms with Gasteiger partial charge in [-0.15, -0.1) is 6.42 Å². The molecule has 2 fully saturated rings. The van der Waals surface area contributed by atoms with Crippen molar-refractivity contribution < 1.29 is 30.6 Å². The predicted octanol–water partition coefficient (Wildman–Crippen LogP) is 17.3. The van der Waals surface area contributed by atoms with E-state index in [0.29, 0.717) is 100 Å². The Kier molecular flexibility index (Phi) is 38.6. The maximum Gasteiger partial charge on any atom is 0.263 e. The Hall–Kier alpha value is -8.24. The van der Waals surface area contributed by atoms with Gasteiger partial charge in [0.1, 0.15) is 68.0 Å². The smallest absolute Gasteiger partial charge is 0.263 e. The maximum absolute atomic E-state index is 12.8. The van der Waals surface area contributed by atoms with Crippen molar-refractivity contribution >= 4 is 205 Å². The van der Waals surface area contributed by atoms with Crippen LogP contribution in [0.1, 0.15) is 135 Å². The Morgan fingerprint density at radius 3 is 0.915 bits per heavy atom. The molecule has 130 heavy (non-hydrogen) atoms. The topological polar surface area (TPSA) is 359 Å². The highest BCUT2D eigenvalue weighted by atomic mass is 35.5. The molecule has 0 atom stereocenters. The number of benzene rings is 6. The fraction of sp³-hybridized carbons (Fsp3) is 0.432. The molecule has 0 amide bonds. The summed E-state index contributed by atoms with van der Waals surface area (Å²) >= 11 is 72.1. The molecule has 0 aliphatic carbocycles. The third-order valence-corrected chi connectivity index (χ3v) is 25.6. The van der Waals surface area contributed by atoms with Crippen molar-refractivity contribution in [3.8, 4) is 46.8 Å². The van der Waals surface area contributed by atoms with E-state index in [2.05, 4.69) is 60.7 Å². The Labute approximate surface area is 809 Å². The molecule has 12 aromatic rings. The molecule has 0 unspecified atom stereocenters. The van der Waals surface area contributed by atoms with Crippen LogP contribution in [0.4, 0.5) is 0 Å². The molecule has 14 rings (SSSR count). The average Bonchev–Trinajstić information content (AvgIpc) is 0.768. The highest BCUT2D eigenvalue weighted by Gasteiger charge is 2.27. The van der Waals surface area contributed by atoms with Crippen LogP contribution in [0, 0.1) is 12.3 Å². The third kappa shape index (κ3) is 23.9. The number of aromatic hydroxyl groups is 6. The van der Waals surface area contributed by atoms with E-state index in [4.69, 9.17) is 146 Å². The number of piperidine rings is 2. The maximum atomic E-state index is 12.8. The largest absolute Gasteiger partial charge is 0.504 e. The molecular formula is C88H102Cl12N18O12. The zero-order valence-electron chi connectivity index (χ0n) is 73.7. The Balaban J connectivity index is 0.000000176. The molecule has 6 aromatic heterocycles. The first kappa shape index (κ1) is 105. The lowest BCUT2D eigenvalue weighted by Gasteiger charge is -2.27. The lowest BCUT2D eigenvalue weighted by Crippen LogP contribution is -2.33. The number of halogens is 12. The first-order valence-electron chi connectivity index (χ1n) is 42.0. The lowest BCUT2D eigenvalue weighted by molar-refractivity contribution is 0.212. The van der Waals surface area contributed by atoms with E-state index in [0.717, 1.165) is 91.0 Å². The molecule has 0 radical (unpaired) electrons. The van der Waals surface area contributed by atoms with Crippen molar-refractivity contribution in [2.75, 3.05) is 72.5 Å². The SMILES string of the molecule is C#CCN(C)Cc1nc2c(O)c(Cl)cc(Cl)c2c(=O)n1CC.CCCNCc1nc2c(O)c(Cl)cc(Cl)c2c(=O)n1C.CCN(CC)Cc1nc2c(O)c(Cl)cc(Cl)c2c(=O)n1C.CCN(CC)Cc1nc2c(O)c(Cl)cc(Cl)c2c(=O)n1CC.CCn1c(CN2CCCCC2)nc2c(O)c(Cl)cc(Cl)c2c1=O.Cn1c(CN2CCCCC2)nc2c(O)c(Cl)cc(Cl)c2c1=O. The Bertz CT molecular complexity index is 6650. The van der Waals surface area contributed by atoms with Crippen LogP contribution in [-0.4, -0.2) is 185 Å². The van der Waals surface area contributed by atoms with Gasteiger partial charge in [0.25, 0.3) is 33.4 Å². The van der Waals surface area contributed by atoms with Gasteiger partial charge >= 0.3 is 0 Å². The number of nitrogens with zero attached hydrogens (tertiary/aromatic N) is 17. The molecule has 2 aliphatic rings. The van der Waals surface area contributed by atoms with Crippen LogP contribution in [0.15, 0.2) is 65.2 Å². The second kappa shape index (κ2) is 47.6. The highest BCUT2D eigenvalue weighted by molar-refractivity contribution is 6.43. The zero-order chi connectivity index (χ0) is 95.9. The molecule has 6 aromatic carbocycles. The van der Waals surface area contributed by atoms with Gasteiger partial charge in [-0.25, -0.2) is 29.9 Å². The Morgan fingerprint density at radius 1 is 0.354 bits per heavy atom. The van der Waals surface area contributed by atoms with Crippen LogP contribution in [-0.2, 0) is 80.0 Å². The van der Waals surface area contributed by atoms with Crippen molar-refractivity contribution in [2.24, 2.45) is 21.1 Å². The van der Waals surface area contributed by atoms with Crippen molar-refractivity contribution in [1.29, 1.82) is 0 Å². The van der Waals surface area contributed by atoms with Crippen molar-refractivity contribution in [3.63, 3.8) is 0 Å². The van der Waals surface area contributed by atoms with Crippen LogP contribution >= 0.6 is 139 Å². The summed E-state index contributed by atoms with van der Waals surface area (Å²) in [4.78, 5) is 113. The van der Waals surface area contributed by atoms with Crippen molar-refractivity contribution in [2.45, 2.75) is 159 Å². The van der Waals surface area contributed by atoms with Crippen LogP contribution < -0.4 is 38.7 Å². The standard InChI is InChI=1S/C16H19Cl2N3O2.C15H17Cl2N3O2.C15H15Cl2N3O2.C15H19Cl2N3O2.C14H17Cl2N3O2.C13H15Cl2N3O2/c1-2-21-12(9-20-6-4-3-5-7-20)19-14-13(16(21)23)10(17)8-11(18)15(14)22;1-19-11(8-20-5-3-2-4-6-20)18-13-12(15(19)22)9(16)7-10(17)14(13)21;1-4-6-19(3)8-11-18-13-12(15(22)20(11)5-2)9(16)7-10(17)14(13)21;1-4-19(5-2)8-11-18-13-12(15(22)20(11)6-3)9(16)7-10(17)14(13)21;1-4-19(5-2)7-10-17-12-11(14(21)18(10)3)8(15)6-9(16)13(12)20;1-3-4-16-6-9-17-11-10(13(20)18(9)2)7(14)5-8(15)12(11)19/h8,22H,2-7,9H2,1H3;7,21H,2-6,8H2,1H3;1,7,21H,5-6,8H2,2-3H3;7,21H,4-6,8H2,1-3H3;6,20H,4-5,7H2,1-3H3;5,16,19H,3-4,6H2,1-2H3. The number of hydrogen-bond donors (Lipinski definition) is 7. The minimum Gasteiger partial charge on any atom is -0.504 e. The summed E-state index contributed by atoms with van der Waals surface area (Å²) in [5.74, 6) is 4.66. The van der Waals surface area contributed by atoms with Gasteiger partial charge in [-0.2, -0.15) is 0 Å². The van der Waals surface area contributed by atoms with Crippen LogP contribution in [0.5, 0.6) is 34.5 Å². The first-order chi connectivity index (χ1) is 61.7. The number of phenolic OH excluding ortho intramolecular Hbond substituents is 6. The lowest BCUT2D eigenvalue weighted by atomic mass is 10.1. The number of fused-ring (bicyclic) bond motifs is 6. The predicted molar refractivity (Wildman–Crippen MR) is 525 cm³/mol. The van der Waals surface area contributed by atoms with Crippen molar-refractivity contribution in [1.82, 2.24) is 87.1 Å². The minimum absolute atomic E-state index is 0.0570. The molecule has 2 saturated heterocycles. The quantitative estimate of drug-likeness (QED) is 0.0245. The molecule has 7 N–H and O–H groups in total. The first-order valence-corrected chi connectivity index (χ1v) is 46.5. The normalized spacial score (nSPS) is 13.0. The van der Waals surface area contributed by atoms with E-state index in [-0.39, 0.29) is 194 Å². The van der Waals surface area contributed by atoms with Crippen molar-refractivity contribution in [3.05, 3.63) is 194 Å². The van der Waals surface area contributed by atoms with E-state index in [9.17, 15) is 59.4 Å². The van der Waals surface area contributed by atoms with Gasteiger partial charge in [-0.1, -0.05) is 193 Å². The number of rotatable bonds is 22. The number of aromatic nitrogens is 12. The third-order valence-electron chi connectivity index (χ3n) is 22.1. The van der Waals surface area contributed by atoms with E-state index in [1.165, 1.54) is 67.5 Å². The number of nitrogens with one attached hydrogen (secondary N) is 1. The number of terminal acetylenes is 1. The summed E-state index contributed by atoms with van der Waals surface area (Å²) in [6.07, 6.45) is 13.4. The summed E-state index contributed by atoms with van der Waals surface area (Å²) in [6.45, 7) is 28.8. The van der Waals surface area contributed by atoms with Gasteiger partial charge in [0.2, 0.25) is 0 Å². The second-order valence-electron chi connectivity index (χ2n) is 30.5. The average molecular weight is 2030 g/mol. The second-order valence-corrected chi connectivity index (χ2v) is 35.4. The van der Waals surface area contributed by atoms with E-state index >= 15 is 0 Å². The number of likely N-dealkylation sites (tertiary alicyclic amines) is 2.